The highest BCUT2D eigenvalue weighted by Crippen LogP contribution is 2.58. The van der Waals surface area contributed by atoms with Gasteiger partial charge in [-0.05, 0) is 61.0 Å². The first-order valence-corrected chi connectivity index (χ1v) is 11.5. The molecule has 1 fully saturated rings. The highest BCUT2D eigenvalue weighted by atomic mass is 14.9. The molecule has 0 amide bonds. The van der Waals surface area contributed by atoms with Crippen molar-refractivity contribution in [2.75, 3.05) is 0 Å². The van der Waals surface area contributed by atoms with Crippen LogP contribution in [0.1, 0.15) is 52.2 Å². The van der Waals surface area contributed by atoms with E-state index in [1.807, 2.05) is 18.3 Å². The SMILES string of the molecule is [2H]C([2H])([2H])c1ccc(-c2ccc(-c3c(C)ccc4c3C3(CCCC3)c3ncccc3-4)[n+](C)c2)cc1. The fraction of sp³-hybridized carbons (Fsp3) is 0.267. The topological polar surface area (TPSA) is 16.8 Å². The van der Waals surface area contributed by atoms with Crippen LogP contribution in [0, 0.1) is 13.8 Å². The summed E-state index contributed by atoms with van der Waals surface area (Å²) >= 11 is 0. The van der Waals surface area contributed by atoms with E-state index in [2.05, 4.69) is 61.1 Å². The molecular weight excluding hydrogens is 388 g/mol. The van der Waals surface area contributed by atoms with Gasteiger partial charge in [-0.15, -0.1) is 0 Å². The molecule has 2 aliphatic carbocycles. The van der Waals surface area contributed by atoms with Gasteiger partial charge in [-0.1, -0.05) is 60.9 Å². The van der Waals surface area contributed by atoms with Crippen LogP contribution >= 0.6 is 0 Å². The number of aryl methyl sites for hydroxylation is 3. The van der Waals surface area contributed by atoms with Gasteiger partial charge in [0.05, 0.1) is 11.3 Å². The maximum Gasteiger partial charge on any atom is 0.212 e. The minimum Gasteiger partial charge on any atom is -0.260 e. The molecule has 0 saturated heterocycles. The Morgan fingerprint density at radius 1 is 0.906 bits per heavy atom. The molecule has 2 nitrogen and oxygen atoms in total. The first-order chi connectivity index (χ1) is 16.8. The average molecular weight is 421 g/mol. The highest BCUT2D eigenvalue weighted by molar-refractivity contribution is 5.88. The fourth-order valence-corrected chi connectivity index (χ4v) is 6.05. The van der Waals surface area contributed by atoms with Crippen LogP contribution in [0.4, 0.5) is 0 Å². The predicted molar refractivity (Wildman–Crippen MR) is 130 cm³/mol. The van der Waals surface area contributed by atoms with Gasteiger partial charge in [0, 0.05) is 32.9 Å². The molecule has 1 spiro atoms. The molecule has 0 unspecified atom stereocenters. The van der Waals surface area contributed by atoms with Gasteiger partial charge >= 0.3 is 0 Å². The number of hydrogen-bond acceptors (Lipinski definition) is 1. The van der Waals surface area contributed by atoms with Crippen molar-refractivity contribution in [1.82, 2.24) is 4.98 Å². The lowest BCUT2D eigenvalue weighted by Crippen LogP contribution is -2.32. The van der Waals surface area contributed by atoms with Crippen LogP contribution < -0.4 is 4.57 Å². The van der Waals surface area contributed by atoms with Gasteiger partial charge in [-0.3, -0.25) is 4.98 Å². The van der Waals surface area contributed by atoms with E-state index in [9.17, 15) is 0 Å². The molecule has 158 valence electrons. The van der Waals surface area contributed by atoms with Crippen LogP contribution in [0.3, 0.4) is 0 Å². The van der Waals surface area contributed by atoms with Crippen LogP contribution in [0.2, 0.25) is 0 Å². The number of rotatable bonds is 2. The lowest BCUT2D eigenvalue weighted by molar-refractivity contribution is -0.659. The monoisotopic (exact) mass is 420 g/mol. The Labute approximate surface area is 194 Å². The first kappa shape index (κ1) is 16.4. The number of pyridine rings is 2. The van der Waals surface area contributed by atoms with Crippen molar-refractivity contribution in [3.8, 4) is 33.5 Å². The van der Waals surface area contributed by atoms with E-state index < -0.39 is 6.85 Å². The third kappa shape index (κ3) is 2.72. The van der Waals surface area contributed by atoms with Crippen molar-refractivity contribution in [2.45, 2.75) is 44.9 Å². The van der Waals surface area contributed by atoms with Gasteiger partial charge < -0.3 is 0 Å². The molecule has 0 N–H and O–H groups in total. The van der Waals surface area contributed by atoms with Crippen LogP contribution in [-0.2, 0) is 12.5 Å². The molecule has 2 heteroatoms. The fourth-order valence-electron chi connectivity index (χ4n) is 6.05. The van der Waals surface area contributed by atoms with Crippen LogP contribution in [0.5, 0.6) is 0 Å². The number of fused-ring (bicyclic) bond motifs is 5. The lowest BCUT2D eigenvalue weighted by Gasteiger charge is -2.27. The lowest BCUT2D eigenvalue weighted by atomic mass is 9.75. The molecule has 2 aliphatic rings. The van der Waals surface area contributed by atoms with E-state index >= 15 is 0 Å². The minimum absolute atomic E-state index is 0.00403. The Kier molecular flexibility index (Phi) is 3.65. The molecule has 1 saturated carbocycles. The van der Waals surface area contributed by atoms with E-state index in [0.717, 1.165) is 24.0 Å². The molecule has 0 atom stereocenters. The van der Waals surface area contributed by atoms with Gasteiger partial charge in [-0.25, -0.2) is 4.57 Å². The van der Waals surface area contributed by atoms with Crippen molar-refractivity contribution in [3.05, 3.63) is 95.4 Å². The number of nitrogens with zero attached hydrogens (tertiary/aromatic N) is 2. The van der Waals surface area contributed by atoms with Crippen molar-refractivity contribution >= 4 is 0 Å². The summed E-state index contributed by atoms with van der Waals surface area (Å²) in [6, 6.07) is 20.4. The Hall–Kier alpha value is -3.26. The molecule has 0 radical (unpaired) electrons. The number of benzene rings is 2. The molecular formula is C30H29N2+. The van der Waals surface area contributed by atoms with Crippen molar-refractivity contribution in [2.24, 2.45) is 7.05 Å². The zero-order valence-corrected chi connectivity index (χ0v) is 18.7. The summed E-state index contributed by atoms with van der Waals surface area (Å²) in [5.74, 6) is 0. The zero-order chi connectivity index (χ0) is 24.4. The molecule has 4 aromatic rings. The Morgan fingerprint density at radius 3 is 2.44 bits per heavy atom. The highest BCUT2D eigenvalue weighted by Gasteiger charge is 2.48. The van der Waals surface area contributed by atoms with Crippen LogP contribution in [-0.4, -0.2) is 4.98 Å². The second-order valence-corrected chi connectivity index (χ2v) is 9.36. The summed E-state index contributed by atoms with van der Waals surface area (Å²) in [6.07, 6.45) is 8.88. The van der Waals surface area contributed by atoms with Gasteiger partial charge in [0.25, 0.3) is 0 Å². The summed E-state index contributed by atoms with van der Waals surface area (Å²) in [5.41, 5.74) is 11.6. The Balaban J connectivity index is 1.49. The van der Waals surface area contributed by atoms with Crippen LogP contribution in [0.25, 0.3) is 33.5 Å². The molecule has 2 heterocycles. The van der Waals surface area contributed by atoms with Gasteiger partial charge in [0.1, 0.15) is 7.05 Å². The Bertz CT molecular complexity index is 1450. The standard InChI is InChI=1S/C30H29N2/c1-20-8-11-22(12-9-20)23-13-15-26(32(3)19-23)27-21(2)10-14-24-25-7-6-18-31-29(25)30(28(24)27)16-4-5-17-30/h6-15,18-19H,4-5,16-17H2,1-3H3/q+1/i1D3. The normalized spacial score (nSPS) is 17.5. The quantitative estimate of drug-likeness (QED) is 0.330. The Morgan fingerprint density at radius 2 is 1.69 bits per heavy atom. The van der Waals surface area contributed by atoms with E-state index in [4.69, 9.17) is 9.10 Å². The third-order valence-electron chi connectivity index (χ3n) is 7.51. The summed E-state index contributed by atoms with van der Waals surface area (Å²) in [7, 11) is 2.11. The average Bonchev–Trinajstić information content (AvgIpc) is 3.44. The van der Waals surface area contributed by atoms with E-state index in [1.54, 1.807) is 12.1 Å². The summed E-state index contributed by atoms with van der Waals surface area (Å²) in [5, 5.41) is 0. The van der Waals surface area contributed by atoms with Crippen LogP contribution in [0.15, 0.2) is 73.1 Å². The molecule has 0 aliphatic heterocycles. The molecule has 0 bridgehead atoms. The maximum absolute atomic E-state index is 7.63. The zero-order valence-electron chi connectivity index (χ0n) is 21.7. The summed E-state index contributed by atoms with van der Waals surface area (Å²) in [4.78, 5) is 4.93. The van der Waals surface area contributed by atoms with E-state index in [-0.39, 0.29) is 5.41 Å². The maximum atomic E-state index is 7.63. The van der Waals surface area contributed by atoms with Crippen molar-refractivity contribution in [3.63, 3.8) is 0 Å². The summed E-state index contributed by atoms with van der Waals surface area (Å²) < 4.78 is 25.1. The smallest absolute Gasteiger partial charge is 0.212 e. The largest absolute Gasteiger partial charge is 0.260 e. The molecule has 2 aromatic heterocycles. The first-order valence-electron chi connectivity index (χ1n) is 13.0. The number of hydrogen-bond donors (Lipinski definition) is 0. The van der Waals surface area contributed by atoms with E-state index in [0.29, 0.717) is 5.56 Å². The molecule has 32 heavy (non-hydrogen) atoms. The second kappa shape index (κ2) is 7.13. The number of aromatic nitrogens is 2. The second-order valence-electron chi connectivity index (χ2n) is 9.36. The van der Waals surface area contributed by atoms with Gasteiger partial charge in [0.2, 0.25) is 5.69 Å². The molecule has 6 rings (SSSR count). The predicted octanol–water partition coefficient (Wildman–Crippen LogP) is 6.70. The van der Waals surface area contributed by atoms with Crippen molar-refractivity contribution in [1.29, 1.82) is 0 Å². The van der Waals surface area contributed by atoms with Crippen molar-refractivity contribution < 1.29 is 8.68 Å². The van der Waals surface area contributed by atoms with Gasteiger partial charge in [-0.2, -0.15) is 0 Å². The van der Waals surface area contributed by atoms with Gasteiger partial charge in [0.15, 0.2) is 6.20 Å². The third-order valence-corrected chi connectivity index (χ3v) is 7.51. The van der Waals surface area contributed by atoms with E-state index in [1.165, 1.54) is 52.0 Å². The summed E-state index contributed by atoms with van der Waals surface area (Å²) in [6.45, 7) is 0.136. The molecule has 2 aromatic carbocycles. The minimum atomic E-state index is -2.08.